The fraction of sp³-hybridized carbons (Fsp3) is 0.682. The molecule has 0 saturated carbocycles. The highest BCUT2D eigenvalue weighted by atomic mass is 35.5. The number of hydrogen-bond acceptors (Lipinski definition) is 6. The highest BCUT2D eigenvalue weighted by Gasteiger charge is 2.27. The third kappa shape index (κ3) is 6.32. The Morgan fingerprint density at radius 1 is 1.27 bits per heavy atom. The van der Waals surface area contributed by atoms with Gasteiger partial charge in [0, 0.05) is 25.6 Å². The van der Waals surface area contributed by atoms with Gasteiger partial charge in [-0.1, -0.05) is 24.4 Å². The van der Waals surface area contributed by atoms with Crippen molar-refractivity contribution < 1.29 is 19.0 Å². The lowest BCUT2D eigenvalue weighted by atomic mass is 10.0. The Morgan fingerprint density at radius 2 is 2.07 bits per heavy atom. The van der Waals surface area contributed by atoms with Crippen LogP contribution in [0.15, 0.2) is 12.1 Å². The summed E-state index contributed by atoms with van der Waals surface area (Å²) in [5.74, 6) is 0.596. The summed E-state index contributed by atoms with van der Waals surface area (Å²) in [4.78, 5) is 14.4. The van der Waals surface area contributed by atoms with E-state index in [-0.39, 0.29) is 18.2 Å². The van der Waals surface area contributed by atoms with Crippen molar-refractivity contribution in [2.75, 3.05) is 37.4 Å². The molecule has 7 nitrogen and oxygen atoms in total. The van der Waals surface area contributed by atoms with Gasteiger partial charge in [-0.2, -0.15) is 0 Å². The molecule has 2 aliphatic heterocycles. The number of hydrogen-bond donors (Lipinski definition) is 2. The number of likely N-dealkylation sites (tertiary alicyclic amines) is 1. The number of nitrogens with zero attached hydrogens (tertiary/aromatic N) is 1. The smallest absolute Gasteiger partial charge is 0.410 e. The summed E-state index contributed by atoms with van der Waals surface area (Å²) in [6.07, 6.45) is 4.59. The van der Waals surface area contributed by atoms with Crippen LogP contribution in [0.5, 0.6) is 5.75 Å². The molecule has 0 aromatic heterocycles. The van der Waals surface area contributed by atoms with Crippen LogP contribution in [-0.2, 0) is 9.47 Å². The third-order valence-corrected chi connectivity index (χ3v) is 5.62. The first-order chi connectivity index (χ1) is 14.2. The zero-order valence-corrected chi connectivity index (χ0v) is 19.0. The normalized spacial score (nSPS) is 22.9. The second-order valence-corrected chi connectivity index (χ2v) is 9.44. The van der Waals surface area contributed by atoms with Gasteiger partial charge in [0.1, 0.15) is 22.5 Å². The van der Waals surface area contributed by atoms with E-state index in [0.717, 1.165) is 32.1 Å². The summed E-state index contributed by atoms with van der Waals surface area (Å²) in [5.41, 5.74) is 6.92. The summed E-state index contributed by atoms with van der Waals surface area (Å²) >= 11 is 6.66. The molecule has 2 heterocycles. The van der Waals surface area contributed by atoms with Crippen LogP contribution in [0.1, 0.15) is 52.9 Å². The summed E-state index contributed by atoms with van der Waals surface area (Å²) in [5, 5.41) is 3.95. The minimum atomic E-state index is -0.522. The molecule has 1 aromatic rings. The first-order valence-electron chi connectivity index (χ1n) is 10.8. The van der Waals surface area contributed by atoms with Gasteiger partial charge in [0.05, 0.1) is 24.6 Å². The molecule has 3 N–H and O–H groups in total. The van der Waals surface area contributed by atoms with E-state index in [4.69, 9.17) is 31.5 Å². The predicted molar refractivity (Wildman–Crippen MR) is 119 cm³/mol. The molecule has 0 aliphatic carbocycles. The molecule has 2 atom stereocenters. The lowest BCUT2D eigenvalue weighted by molar-refractivity contribution is 0.0229. The van der Waals surface area contributed by atoms with Crippen LogP contribution in [0, 0.1) is 0 Å². The van der Waals surface area contributed by atoms with Crippen molar-refractivity contribution in [3.63, 3.8) is 0 Å². The van der Waals surface area contributed by atoms with Crippen molar-refractivity contribution in [3.8, 4) is 5.75 Å². The number of ether oxygens (including phenoxy) is 3. The molecule has 2 fully saturated rings. The van der Waals surface area contributed by atoms with Gasteiger partial charge in [-0.15, -0.1) is 0 Å². The number of nitrogens with one attached hydrogen (secondary N) is 1. The summed E-state index contributed by atoms with van der Waals surface area (Å²) in [6, 6.07) is 3.61. The Bertz CT molecular complexity index is 732. The minimum Gasteiger partial charge on any atom is -0.486 e. The molecule has 8 heteroatoms. The average Bonchev–Trinajstić information content (AvgIpc) is 3.14. The molecule has 0 radical (unpaired) electrons. The predicted octanol–water partition coefficient (Wildman–Crippen LogP) is 4.68. The number of amides is 1. The molecule has 1 aromatic carbocycles. The maximum atomic E-state index is 12.7. The fourth-order valence-corrected chi connectivity index (χ4v) is 4.00. The van der Waals surface area contributed by atoms with Crippen molar-refractivity contribution in [1.82, 2.24) is 4.90 Å². The maximum absolute atomic E-state index is 12.7. The Kier molecular flexibility index (Phi) is 7.58. The quantitative estimate of drug-likeness (QED) is 0.662. The lowest BCUT2D eigenvalue weighted by Gasteiger charge is -2.33. The van der Waals surface area contributed by atoms with Gasteiger partial charge in [0.2, 0.25) is 0 Å². The van der Waals surface area contributed by atoms with Crippen LogP contribution >= 0.6 is 11.6 Å². The topological polar surface area (TPSA) is 86.1 Å². The average molecular weight is 440 g/mol. The van der Waals surface area contributed by atoms with E-state index in [0.29, 0.717) is 48.5 Å². The zero-order chi connectivity index (χ0) is 21.7. The first-order valence-corrected chi connectivity index (χ1v) is 11.2. The van der Waals surface area contributed by atoms with Gasteiger partial charge < -0.3 is 30.2 Å². The van der Waals surface area contributed by atoms with E-state index in [1.165, 1.54) is 0 Å². The molecule has 2 aliphatic rings. The van der Waals surface area contributed by atoms with Gasteiger partial charge in [0.25, 0.3) is 0 Å². The van der Waals surface area contributed by atoms with Crippen molar-refractivity contribution in [1.29, 1.82) is 0 Å². The van der Waals surface area contributed by atoms with E-state index in [2.05, 4.69) is 5.32 Å². The monoisotopic (exact) mass is 439 g/mol. The van der Waals surface area contributed by atoms with Gasteiger partial charge in [0.15, 0.2) is 0 Å². The van der Waals surface area contributed by atoms with E-state index in [9.17, 15) is 4.79 Å². The van der Waals surface area contributed by atoms with Crippen LogP contribution in [0.3, 0.4) is 0 Å². The fourth-order valence-electron chi connectivity index (χ4n) is 3.73. The standard InChI is InChI=1S/C22H34ClN3O4/c1-22(2,3)30-21(27)26-11-6-4-5-7-15(13-26)25-20-17(24)8-9-18(19(20)23)29-16-10-12-28-14-16/h8-9,15-16,25H,4-7,10-14,24H2,1-3H3/t15-,16-/m1/s1. The second-order valence-electron chi connectivity index (χ2n) is 9.06. The number of anilines is 2. The summed E-state index contributed by atoms with van der Waals surface area (Å²) in [6.45, 7) is 8.12. The van der Waals surface area contributed by atoms with E-state index < -0.39 is 5.60 Å². The molecule has 0 unspecified atom stereocenters. The number of carbonyl (C=O) groups is 1. The Morgan fingerprint density at radius 3 is 2.77 bits per heavy atom. The van der Waals surface area contributed by atoms with Crippen LogP contribution in [0.25, 0.3) is 0 Å². The van der Waals surface area contributed by atoms with Gasteiger partial charge in [-0.3, -0.25) is 0 Å². The van der Waals surface area contributed by atoms with Gasteiger partial charge in [-0.05, 0) is 45.7 Å². The summed E-state index contributed by atoms with van der Waals surface area (Å²) < 4.78 is 17.0. The number of nitrogen functional groups attached to an aromatic ring is 1. The Labute approximate surface area is 184 Å². The number of nitrogens with two attached hydrogens (primary N) is 1. The molecule has 2 saturated heterocycles. The van der Waals surface area contributed by atoms with Crippen molar-refractivity contribution in [3.05, 3.63) is 17.2 Å². The maximum Gasteiger partial charge on any atom is 0.410 e. The first kappa shape index (κ1) is 22.8. The van der Waals surface area contributed by atoms with Crippen LogP contribution in [0.2, 0.25) is 5.02 Å². The Balaban J connectivity index is 1.73. The second kappa shape index (κ2) is 9.96. The van der Waals surface area contributed by atoms with E-state index >= 15 is 0 Å². The lowest BCUT2D eigenvalue weighted by Crippen LogP contribution is -2.44. The third-order valence-electron chi connectivity index (χ3n) is 5.24. The molecule has 168 valence electrons. The molecule has 3 rings (SSSR count). The SMILES string of the molecule is CC(C)(C)OC(=O)N1CCCCC[C@@H](Nc2c(N)ccc(O[C@@H]3CCOC3)c2Cl)C1. The number of halogens is 1. The van der Waals surface area contributed by atoms with Crippen molar-refractivity contribution in [2.45, 2.75) is 70.6 Å². The largest absolute Gasteiger partial charge is 0.486 e. The number of carbonyl (C=O) groups excluding carboxylic acids is 1. The van der Waals surface area contributed by atoms with Crippen LogP contribution in [0.4, 0.5) is 16.2 Å². The van der Waals surface area contributed by atoms with E-state index in [1.807, 2.05) is 20.8 Å². The van der Waals surface area contributed by atoms with Crippen LogP contribution in [-0.4, -0.2) is 55.0 Å². The molecular formula is C22H34ClN3O4. The molecule has 30 heavy (non-hydrogen) atoms. The van der Waals surface area contributed by atoms with Crippen molar-refractivity contribution in [2.24, 2.45) is 0 Å². The van der Waals surface area contributed by atoms with Crippen molar-refractivity contribution >= 4 is 29.1 Å². The molecule has 1 amide bonds. The Hall–Kier alpha value is -1.86. The number of benzene rings is 1. The summed E-state index contributed by atoms with van der Waals surface area (Å²) in [7, 11) is 0. The number of rotatable bonds is 4. The molecule has 0 bridgehead atoms. The molecular weight excluding hydrogens is 406 g/mol. The highest BCUT2D eigenvalue weighted by molar-refractivity contribution is 6.35. The van der Waals surface area contributed by atoms with Gasteiger partial charge in [-0.25, -0.2) is 4.79 Å². The van der Waals surface area contributed by atoms with Gasteiger partial charge >= 0.3 is 6.09 Å². The highest BCUT2D eigenvalue weighted by Crippen LogP contribution is 2.38. The minimum absolute atomic E-state index is 0.00280. The van der Waals surface area contributed by atoms with Crippen LogP contribution < -0.4 is 15.8 Å². The molecule has 0 spiro atoms. The zero-order valence-electron chi connectivity index (χ0n) is 18.2. The van der Waals surface area contributed by atoms with E-state index in [1.54, 1.807) is 17.0 Å².